The predicted molar refractivity (Wildman–Crippen MR) is 128 cm³/mol. The van der Waals surface area contributed by atoms with Crippen molar-refractivity contribution in [2.75, 3.05) is 36.6 Å². The van der Waals surface area contributed by atoms with Gasteiger partial charge in [0.15, 0.2) is 5.75 Å². The standard InChI is InChI=1S/C23H27N3O5S2/c1-17-6-5-7-18(12-17)31-21-9-8-19(33(29,30)26-10-3-2-4-11-26)13-20(21)24-22(27)14-25-16-32-15-23(25)28/h5-9,12-13H,2-4,10-11,14-16H2,1H3,(H,24,27). The topological polar surface area (TPSA) is 96.0 Å². The van der Waals surface area contributed by atoms with E-state index in [2.05, 4.69) is 5.32 Å². The summed E-state index contributed by atoms with van der Waals surface area (Å²) in [6.07, 6.45) is 2.68. The van der Waals surface area contributed by atoms with Crippen LogP contribution < -0.4 is 10.1 Å². The lowest BCUT2D eigenvalue weighted by Gasteiger charge is -2.26. The number of rotatable bonds is 7. The Kier molecular flexibility index (Phi) is 7.26. The molecule has 2 saturated heterocycles. The highest BCUT2D eigenvalue weighted by Crippen LogP contribution is 2.33. The van der Waals surface area contributed by atoms with Gasteiger partial charge in [0.25, 0.3) is 0 Å². The fraction of sp³-hybridized carbons (Fsp3) is 0.391. The Morgan fingerprint density at radius 2 is 1.91 bits per heavy atom. The minimum atomic E-state index is -3.69. The summed E-state index contributed by atoms with van der Waals surface area (Å²) in [6, 6.07) is 11.9. The summed E-state index contributed by atoms with van der Waals surface area (Å²) >= 11 is 1.45. The average molecular weight is 490 g/mol. The van der Waals surface area contributed by atoms with Crippen LogP contribution in [0.3, 0.4) is 0 Å². The van der Waals surface area contributed by atoms with Crippen LogP contribution in [0, 0.1) is 6.92 Å². The van der Waals surface area contributed by atoms with Gasteiger partial charge in [-0.3, -0.25) is 9.59 Å². The lowest BCUT2D eigenvalue weighted by Crippen LogP contribution is -2.36. The Morgan fingerprint density at radius 3 is 2.61 bits per heavy atom. The average Bonchev–Trinajstić information content (AvgIpc) is 3.19. The fourth-order valence-electron chi connectivity index (χ4n) is 3.82. The highest BCUT2D eigenvalue weighted by Gasteiger charge is 2.28. The van der Waals surface area contributed by atoms with Crippen molar-refractivity contribution >= 4 is 39.3 Å². The van der Waals surface area contributed by atoms with Crippen molar-refractivity contribution in [3.05, 3.63) is 48.0 Å². The maximum Gasteiger partial charge on any atom is 0.244 e. The van der Waals surface area contributed by atoms with Crippen LogP contribution in [0.4, 0.5) is 5.69 Å². The number of sulfonamides is 1. The summed E-state index contributed by atoms with van der Waals surface area (Å²) in [5, 5.41) is 2.76. The number of nitrogens with one attached hydrogen (secondary N) is 1. The van der Waals surface area contributed by atoms with Gasteiger partial charge in [0, 0.05) is 13.1 Å². The molecular formula is C23H27N3O5S2. The number of hydrogen-bond donors (Lipinski definition) is 1. The predicted octanol–water partition coefficient (Wildman–Crippen LogP) is 3.43. The molecule has 33 heavy (non-hydrogen) atoms. The van der Waals surface area contributed by atoms with Gasteiger partial charge in [0.2, 0.25) is 21.8 Å². The molecule has 2 aromatic rings. The normalized spacial score (nSPS) is 17.2. The molecule has 0 aliphatic carbocycles. The summed E-state index contributed by atoms with van der Waals surface area (Å²) in [7, 11) is -3.69. The first-order chi connectivity index (χ1) is 15.8. The van der Waals surface area contributed by atoms with Crippen molar-refractivity contribution in [2.45, 2.75) is 31.1 Å². The second-order valence-electron chi connectivity index (χ2n) is 8.16. The van der Waals surface area contributed by atoms with Gasteiger partial charge in [-0.15, -0.1) is 11.8 Å². The second-order valence-corrected chi connectivity index (χ2v) is 11.1. The van der Waals surface area contributed by atoms with E-state index < -0.39 is 15.9 Å². The van der Waals surface area contributed by atoms with E-state index in [9.17, 15) is 18.0 Å². The van der Waals surface area contributed by atoms with E-state index in [4.69, 9.17) is 4.74 Å². The number of hydrogen-bond acceptors (Lipinski definition) is 6. The van der Waals surface area contributed by atoms with Crippen LogP contribution in [-0.2, 0) is 19.6 Å². The van der Waals surface area contributed by atoms with Crippen LogP contribution in [0.1, 0.15) is 24.8 Å². The molecule has 2 aliphatic heterocycles. The van der Waals surface area contributed by atoms with Crippen LogP contribution in [0.2, 0.25) is 0 Å². The second kappa shape index (κ2) is 10.1. The number of carbonyl (C=O) groups is 2. The SMILES string of the molecule is Cc1cccc(Oc2ccc(S(=O)(=O)N3CCCCC3)cc2NC(=O)CN2CSCC2=O)c1. The Labute approximate surface area is 198 Å². The molecule has 2 heterocycles. The Balaban J connectivity index is 1.62. The van der Waals surface area contributed by atoms with Gasteiger partial charge < -0.3 is 15.0 Å². The molecule has 0 atom stereocenters. The molecule has 2 amide bonds. The maximum absolute atomic E-state index is 13.2. The van der Waals surface area contributed by atoms with Gasteiger partial charge in [-0.05, 0) is 55.7 Å². The molecule has 0 bridgehead atoms. The number of aryl methyl sites for hydroxylation is 1. The van der Waals surface area contributed by atoms with E-state index >= 15 is 0 Å². The molecule has 4 rings (SSSR count). The van der Waals surface area contributed by atoms with Crippen LogP contribution in [0.5, 0.6) is 11.5 Å². The Hall–Kier alpha value is -2.56. The third-order valence-corrected chi connectivity index (χ3v) is 8.40. The fourth-order valence-corrected chi connectivity index (χ4v) is 6.27. The summed E-state index contributed by atoms with van der Waals surface area (Å²) in [6.45, 7) is 2.81. The number of benzene rings is 2. The van der Waals surface area contributed by atoms with E-state index in [0.717, 1.165) is 24.8 Å². The molecule has 0 saturated carbocycles. The van der Waals surface area contributed by atoms with E-state index in [1.165, 1.54) is 33.1 Å². The quantitative estimate of drug-likeness (QED) is 0.640. The number of piperidine rings is 1. The van der Waals surface area contributed by atoms with Gasteiger partial charge in [-0.25, -0.2) is 8.42 Å². The van der Waals surface area contributed by atoms with Gasteiger partial charge in [-0.1, -0.05) is 18.6 Å². The highest BCUT2D eigenvalue weighted by molar-refractivity contribution is 8.00. The number of anilines is 1. The van der Waals surface area contributed by atoms with Gasteiger partial charge in [-0.2, -0.15) is 4.31 Å². The van der Waals surface area contributed by atoms with Gasteiger partial charge >= 0.3 is 0 Å². The zero-order chi connectivity index (χ0) is 23.4. The van der Waals surface area contributed by atoms with Gasteiger partial charge in [0.1, 0.15) is 12.3 Å². The summed E-state index contributed by atoms with van der Waals surface area (Å²) in [4.78, 5) is 26.2. The largest absolute Gasteiger partial charge is 0.455 e. The highest BCUT2D eigenvalue weighted by atomic mass is 32.2. The van der Waals surface area contributed by atoms with Crippen molar-refractivity contribution < 1.29 is 22.7 Å². The van der Waals surface area contributed by atoms with Crippen molar-refractivity contribution in [1.29, 1.82) is 0 Å². The number of carbonyl (C=O) groups excluding carboxylic acids is 2. The first-order valence-corrected chi connectivity index (χ1v) is 13.5. The molecule has 0 radical (unpaired) electrons. The third-order valence-electron chi connectivity index (χ3n) is 5.56. The third kappa shape index (κ3) is 5.69. The van der Waals surface area contributed by atoms with Crippen LogP contribution >= 0.6 is 11.8 Å². The van der Waals surface area contributed by atoms with Crippen molar-refractivity contribution in [3.63, 3.8) is 0 Å². The molecule has 1 N–H and O–H groups in total. The summed E-state index contributed by atoms with van der Waals surface area (Å²) in [5.74, 6) is 1.22. The van der Waals surface area contributed by atoms with E-state index in [1.54, 1.807) is 12.1 Å². The number of thioether (sulfide) groups is 1. The minimum Gasteiger partial charge on any atom is -0.455 e. The van der Waals surface area contributed by atoms with Crippen molar-refractivity contribution in [3.8, 4) is 11.5 Å². The first-order valence-electron chi connectivity index (χ1n) is 10.9. The van der Waals surface area contributed by atoms with Crippen LogP contribution in [0.25, 0.3) is 0 Å². The van der Waals surface area contributed by atoms with E-state index in [-0.39, 0.29) is 23.0 Å². The maximum atomic E-state index is 13.2. The molecule has 2 aliphatic rings. The Bertz CT molecular complexity index is 1150. The summed E-state index contributed by atoms with van der Waals surface area (Å²) in [5.41, 5.74) is 1.26. The lowest BCUT2D eigenvalue weighted by molar-refractivity contribution is -0.130. The number of nitrogens with zero attached hydrogens (tertiary/aromatic N) is 2. The Morgan fingerprint density at radius 1 is 1.12 bits per heavy atom. The molecule has 176 valence electrons. The molecule has 0 unspecified atom stereocenters. The van der Waals surface area contributed by atoms with Crippen LogP contribution in [0.15, 0.2) is 47.4 Å². The molecule has 2 aromatic carbocycles. The number of ether oxygens (including phenoxy) is 1. The van der Waals surface area contributed by atoms with Gasteiger partial charge in [0.05, 0.1) is 22.2 Å². The molecule has 0 spiro atoms. The first kappa shape index (κ1) is 23.6. The van der Waals surface area contributed by atoms with E-state index in [1.807, 2.05) is 25.1 Å². The number of amides is 2. The zero-order valence-corrected chi connectivity index (χ0v) is 20.1. The molecule has 8 nitrogen and oxygen atoms in total. The van der Waals surface area contributed by atoms with Crippen molar-refractivity contribution in [2.24, 2.45) is 0 Å². The smallest absolute Gasteiger partial charge is 0.244 e. The minimum absolute atomic E-state index is 0.0900. The summed E-state index contributed by atoms with van der Waals surface area (Å²) < 4.78 is 33.8. The van der Waals surface area contributed by atoms with Crippen LogP contribution in [-0.4, -0.2) is 60.7 Å². The van der Waals surface area contributed by atoms with Crippen molar-refractivity contribution in [1.82, 2.24) is 9.21 Å². The molecule has 2 fully saturated rings. The molecular weight excluding hydrogens is 462 g/mol. The van der Waals surface area contributed by atoms with E-state index in [0.29, 0.717) is 36.2 Å². The monoisotopic (exact) mass is 489 g/mol. The lowest BCUT2D eigenvalue weighted by atomic mass is 10.2. The zero-order valence-electron chi connectivity index (χ0n) is 18.5. The molecule has 10 heteroatoms. The molecule has 0 aromatic heterocycles.